The van der Waals surface area contributed by atoms with Crippen LogP contribution in [0.1, 0.15) is 50.6 Å². The summed E-state index contributed by atoms with van der Waals surface area (Å²) in [5.74, 6) is 0.228. The van der Waals surface area contributed by atoms with Crippen LogP contribution < -0.4 is 5.32 Å². The van der Waals surface area contributed by atoms with Crippen LogP contribution in [0.2, 0.25) is 0 Å². The summed E-state index contributed by atoms with van der Waals surface area (Å²) in [6.45, 7) is 3.84. The molecule has 0 saturated carbocycles. The van der Waals surface area contributed by atoms with Crippen molar-refractivity contribution in [1.82, 2.24) is 10.2 Å². The van der Waals surface area contributed by atoms with Crippen molar-refractivity contribution in [2.45, 2.75) is 51.1 Å². The minimum Gasteiger partial charge on any atom is -0.394 e. The Morgan fingerprint density at radius 3 is 2.41 bits per heavy atom. The van der Waals surface area contributed by atoms with E-state index < -0.39 is 0 Å². The number of carbonyl (C=O) groups excluding carboxylic acids is 1. The Labute approximate surface area is 133 Å². The first-order chi connectivity index (χ1) is 10.7. The third-order valence-electron chi connectivity index (χ3n) is 4.31. The van der Waals surface area contributed by atoms with Gasteiger partial charge in [0.15, 0.2) is 0 Å². The monoisotopic (exact) mass is 304 g/mol. The van der Waals surface area contributed by atoms with Crippen LogP contribution in [0.3, 0.4) is 0 Å². The summed E-state index contributed by atoms with van der Waals surface area (Å²) in [6, 6.07) is 9.82. The lowest BCUT2D eigenvalue weighted by molar-refractivity contribution is -0.131. The summed E-state index contributed by atoms with van der Waals surface area (Å²) in [6.07, 6.45) is 5.20. The third-order valence-corrected chi connectivity index (χ3v) is 4.31. The van der Waals surface area contributed by atoms with Crippen molar-refractivity contribution in [2.75, 3.05) is 19.7 Å². The molecule has 1 saturated heterocycles. The van der Waals surface area contributed by atoms with Crippen LogP contribution in [-0.2, 0) is 4.79 Å². The van der Waals surface area contributed by atoms with Crippen molar-refractivity contribution in [3.63, 3.8) is 0 Å². The molecular weight excluding hydrogens is 276 g/mol. The van der Waals surface area contributed by atoms with Crippen LogP contribution in [-0.4, -0.2) is 41.7 Å². The van der Waals surface area contributed by atoms with Gasteiger partial charge in [-0.1, -0.05) is 43.2 Å². The van der Waals surface area contributed by atoms with Gasteiger partial charge in [-0.05, 0) is 25.3 Å². The molecule has 0 aliphatic carbocycles. The third kappa shape index (κ3) is 5.11. The number of aliphatic hydroxyl groups is 1. The van der Waals surface area contributed by atoms with Gasteiger partial charge in [-0.2, -0.15) is 0 Å². The Balaban J connectivity index is 1.85. The molecule has 0 spiro atoms. The number of rotatable bonds is 6. The highest BCUT2D eigenvalue weighted by atomic mass is 16.3. The predicted molar refractivity (Wildman–Crippen MR) is 88.5 cm³/mol. The topological polar surface area (TPSA) is 52.6 Å². The van der Waals surface area contributed by atoms with Crippen molar-refractivity contribution in [1.29, 1.82) is 0 Å². The highest BCUT2D eigenvalue weighted by molar-refractivity contribution is 5.76. The zero-order valence-corrected chi connectivity index (χ0v) is 13.5. The van der Waals surface area contributed by atoms with Gasteiger partial charge in [-0.25, -0.2) is 0 Å². The summed E-state index contributed by atoms with van der Waals surface area (Å²) < 4.78 is 0. The summed E-state index contributed by atoms with van der Waals surface area (Å²) in [5.41, 5.74) is 1.05. The van der Waals surface area contributed by atoms with E-state index in [0.29, 0.717) is 6.42 Å². The van der Waals surface area contributed by atoms with Gasteiger partial charge in [0.1, 0.15) is 0 Å². The summed E-state index contributed by atoms with van der Waals surface area (Å²) in [7, 11) is 0. The normalized spacial score (nSPS) is 18.5. The molecule has 1 amide bonds. The number of nitrogens with one attached hydrogen (secondary N) is 1. The summed E-state index contributed by atoms with van der Waals surface area (Å²) >= 11 is 0. The Morgan fingerprint density at radius 1 is 1.18 bits per heavy atom. The van der Waals surface area contributed by atoms with E-state index in [4.69, 9.17) is 0 Å². The largest absolute Gasteiger partial charge is 0.394 e. The van der Waals surface area contributed by atoms with Crippen molar-refractivity contribution in [3.05, 3.63) is 35.9 Å². The van der Waals surface area contributed by atoms with Crippen molar-refractivity contribution in [2.24, 2.45) is 0 Å². The van der Waals surface area contributed by atoms with E-state index in [2.05, 4.69) is 5.32 Å². The molecule has 1 aromatic carbocycles. The Morgan fingerprint density at radius 2 is 1.82 bits per heavy atom. The van der Waals surface area contributed by atoms with Crippen LogP contribution >= 0.6 is 0 Å². The van der Waals surface area contributed by atoms with E-state index >= 15 is 0 Å². The molecule has 4 nitrogen and oxygen atoms in total. The number of benzene rings is 1. The van der Waals surface area contributed by atoms with Gasteiger partial charge in [0, 0.05) is 25.6 Å². The zero-order valence-electron chi connectivity index (χ0n) is 13.5. The molecule has 0 radical (unpaired) electrons. The van der Waals surface area contributed by atoms with Gasteiger partial charge >= 0.3 is 0 Å². The summed E-state index contributed by atoms with van der Waals surface area (Å²) in [5, 5.41) is 13.0. The minimum absolute atomic E-state index is 0.0340. The number of hydrogen-bond acceptors (Lipinski definition) is 3. The second-order valence-electron chi connectivity index (χ2n) is 6.21. The van der Waals surface area contributed by atoms with Crippen molar-refractivity contribution >= 4 is 5.91 Å². The highest BCUT2D eigenvalue weighted by Gasteiger charge is 2.20. The lowest BCUT2D eigenvalue weighted by Gasteiger charge is -2.25. The van der Waals surface area contributed by atoms with E-state index in [1.165, 1.54) is 12.8 Å². The van der Waals surface area contributed by atoms with E-state index in [0.717, 1.165) is 31.5 Å². The molecule has 1 aromatic rings. The average Bonchev–Trinajstić information content (AvgIpc) is 2.82. The molecule has 2 unspecified atom stereocenters. The van der Waals surface area contributed by atoms with Gasteiger partial charge in [0.05, 0.1) is 12.6 Å². The number of carbonyl (C=O) groups is 1. The maximum atomic E-state index is 12.4. The predicted octanol–water partition coefficient (Wildman–Crippen LogP) is 2.49. The smallest absolute Gasteiger partial charge is 0.224 e. The zero-order chi connectivity index (χ0) is 15.8. The Bertz CT molecular complexity index is 442. The van der Waals surface area contributed by atoms with Gasteiger partial charge in [0.25, 0.3) is 0 Å². The van der Waals surface area contributed by atoms with Crippen LogP contribution in [0.25, 0.3) is 0 Å². The second-order valence-corrected chi connectivity index (χ2v) is 6.21. The fourth-order valence-electron chi connectivity index (χ4n) is 3.05. The van der Waals surface area contributed by atoms with E-state index in [9.17, 15) is 9.90 Å². The molecule has 0 bridgehead atoms. The molecule has 1 heterocycles. The van der Waals surface area contributed by atoms with Gasteiger partial charge < -0.3 is 15.3 Å². The number of aliphatic hydroxyl groups excluding tert-OH is 1. The molecule has 1 fully saturated rings. The molecule has 122 valence electrons. The fraction of sp³-hybridized carbons (Fsp3) is 0.611. The SMILES string of the molecule is CC(CC(=O)N1CCCCCC1)NC(CO)c1ccccc1. The Hall–Kier alpha value is -1.39. The maximum Gasteiger partial charge on any atom is 0.224 e. The first-order valence-electron chi connectivity index (χ1n) is 8.40. The maximum absolute atomic E-state index is 12.4. The van der Waals surface area contributed by atoms with Crippen LogP contribution in [0.5, 0.6) is 0 Å². The molecule has 2 N–H and O–H groups in total. The number of nitrogens with zero attached hydrogens (tertiary/aromatic N) is 1. The van der Waals surface area contributed by atoms with Crippen molar-refractivity contribution in [3.8, 4) is 0 Å². The van der Waals surface area contributed by atoms with Crippen molar-refractivity contribution < 1.29 is 9.90 Å². The first kappa shape index (κ1) is 17.0. The molecule has 4 heteroatoms. The quantitative estimate of drug-likeness (QED) is 0.849. The number of likely N-dealkylation sites (tertiary alicyclic amines) is 1. The molecular formula is C18H28N2O2. The van der Waals surface area contributed by atoms with E-state index in [1.54, 1.807) is 0 Å². The minimum atomic E-state index is -0.117. The molecule has 0 aromatic heterocycles. The summed E-state index contributed by atoms with van der Waals surface area (Å²) in [4.78, 5) is 14.4. The van der Waals surface area contributed by atoms with E-state index in [1.807, 2.05) is 42.2 Å². The second kappa shape index (κ2) is 8.91. The highest BCUT2D eigenvalue weighted by Crippen LogP contribution is 2.15. The van der Waals surface area contributed by atoms with E-state index in [-0.39, 0.29) is 24.6 Å². The average molecular weight is 304 g/mol. The molecule has 2 atom stereocenters. The molecule has 22 heavy (non-hydrogen) atoms. The van der Waals surface area contributed by atoms with Crippen LogP contribution in [0, 0.1) is 0 Å². The molecule has 1 aliphatic rings. The van der Waals surface area contributed by atoms with Gasteiger partial charge in [-0.3, -0.25) is 4.79 Å². The van der Waals surface area contributed by atoms with Gasteiger partial charge in [-0.15, -0.1) is 0 Å². The first-order valence-corrected chi connectivity index (χ1v) is 8.40. The lowest BCUT2D eigenvalue weighted by Crippen LogP contribution is -2.39. The molecule has 1 aliphatic heterocycles. The van der Waals surface area contributed by atoms with Crippen LogP contribution in [0.15, 0.2) is 30.3 Å². The number of amides is 1. The van der Waals surface area contributed by atoms with Gasteiger partial charge in [0.2, 0.25) is 5.91 Å². The standard InChI is InChI=1S/C18H28N2O2/c1-15(13-18(22)20-11-7-2-3-8-12-20)19-17(14-21)16-9-5-4-6-10-16/h4-6,9-10,15,17,19,21H,2-3,7-8,11-14H2,1H3. The Kier molecular flexibility index (Phi) is 6.87. The fourth-order valence-corrected chi connectivity index (χ4v) is 3.05. The molecule has 2 rings (SSSR count). The lowest BCUT2D eigenvalue weighted by atomic mass is 10.1. The number of hydrogen-bond donors (Lipinski definition) is 2. The van der Waals surface area contributed by atoms with Crippen LogP contribution in [0.4, 0.5) is 0 Å².